The Bertz CT molecular complexity index is 1370. The highest BCUT2D eigenvalue weighted by atomic mass is 79.9. The van der Waals surface area contributed by atoms with Crippen molar-refractivity contribution in [3.63, 3.8) is 0 Å². The molecule has 10 heteroatoms. The van der Waals surface area contributed by atoms with Gasteiger partial charge in [-0.05, 0) is 62.2 Å². The summed E-state index contributed by atoms with van der Waals surface area (Å²) in [5, 5.41) is 3.32. The summed E-state index contributed by atoms with van der Waals surface area (Å²) in [5.74, 6) is -0.849. The second-order valence-corrected chi connectivity index (χ2v) is 12.2. The number of halogens is 2. The summed E-state index contributed by atoms with van der Waals surface area (Å²) in [4.78, 5) is 28.6. The van der Waals surface area contributed by atoms with E-state index in [1.807, 2.05) is 20.8 Å². The first-order valence-electron chi connectivity index (χ1n) is 12.2. The van der Waals surface area contributed by atoms with Crippen molar-refractivity contribution in [3.05, 3.63) is 93.9 Å². The first kappa shape index (κ1) is 29.7. The van der Waals surface area contributed by atoms with E-state index < -0.39 is 28.5 Å². The minimum absolute atomic E-state index is 0.0419. The van der Waals surface area contributed by atoms with Gasteiger partial charge >= 0.3 is 0 Å². The summed E-state index contributed by atoms with van der Waals surface area (Å²) in [6.07, 6.45) is 0.330. The summed E-state index contributed by atoms with van der Waals surface area (Å²) >= 11 is 9.80. The highest BCUT2D eigenvalue weighted by Gasteiger charge is 2.34. The molecule has 0 heterocycles. The average Bonchev–Trinajstić information content (AvgIpc) is 2.88. The molecule has 0 radical (unpaired) electrons. The molecular formula is C28H31BrClN3O4S. The number of hydrogen-bond donors (Lipinski definition) is 1. The van der Waals surface area contributed by atoms with Crippen LogP contribution in [0.2, 0.25) is 5.02 Å². The van der Waals surface area contributed by atoms with E-state index >= 15 is 0 Å². The summed E-state index contributed by atoms with van der Waals surface area (Å²) in [6.45, 7) is 5.02. The van der Waals surface area contributed by atoms with Crippen LogP contribution in [0.3, 0.4) is 0 Å². The SMILES string of the molecule is CCC(C(=O)NC(C)C)N(Cc1ccccc1Cl)C(=O)CN(c1cccc(Br)c1)S(=O)(=O)c1ccccc1. The molecule has 38 heavy (non-hydrogen) atoms. The smallest absolute Gasteiger partial charge is 0.264 e. The molecule has 0 aliphatic heterocycles. The van der Waals surface area contributed by atoms with Crippen molar-refractivity contribution in [2.24, 2.45) is 0 Å². The predicted octanol–water partition coefficient (Wildman–Crippen LogP) is 5.63. The molecular weight excluding hydrogens is 590 g/mol. The van der Waals surface area contributed by atoms with Gasteiger partial charge in [-0.3, -0.25) is 13.9 Å². The lowest BCUT2D eigenvalue weighted by molar-refractivity contribution is -0.140. The van der Waals surface area contributed by atoms with E-state index in [4.69, 9.17) is 11.6 Å². The molecule has 202 valence electrons. The van der Waals surface area contributed by atoms with Crippen LogP contribution in [0.1, 0.15) is 32.8 Å². The molecule has 3 aromatic carbocycles. The molecule has 7 nitrogen and oxygen atoms in total. The number of carbonyl (C=O) groups excluding carboxylic acids is 2. The maximum atomic E-state index is 14.0. The Kier molecular flexibility index (Phi) is 10.4. The van der Waals surface area contributed by atoms with Crippen LogP contribution in [0.25, 0.3) is 0 Å². The van der Waals surface area contributed by atoms with Gasteiger partial charge in [-0.1, -0.05) is 76.9 Å². The zero-order chi connectivity index (χ0) is 27.9. The number of rotatable bonds is 11. The second-order valence-electron chi connectivity index (χ2n) is 9.00. The van der Waals surface area contributed by atoms with Crippen molar-refractivity contribution in [2.45, 2.75) is 50.7 Å². The van der Waals surface area contributed by atoms with Gasteiger partial charge < -0.3 is 10.2 Å². The van der Waals surface area contributed by atoms with Gasteiger partial charge in [0.05, 0.1) is 10.6 Å². The zero-order valence-corrected chi connectivity index (χ0v) is 24.6. The lowest BCUT2D eigenvalue weighted by Crippen LogP contribution is -2.53. The Morgan fingerprint density at radius 1 is 0.974 bits per heavy atom. The van der Waals surface area contributed by atoms with Gasteiger partial charge in [0, 0.05) is 22.1 Å². The van der Waals surface area contributed by atoms with E-state index in [9.17, 15) is 18.0 Å². The monoisotopic (exact) mass is 619 g/mol. The Morgan fingerprint density at radius 2 is 1.63 bits per heavy atom. The lowest BCUT2D eigenvalue weighted by atomic mass is 10.1. The van der Waals surface area contributed by atoms with E-state index in [1.165, 1.54) is 17.0 Å². The maximum Gasteiger partial charge on any atom is 0.264 e. The van der Waals surface area contributed by atoms with Crippen LogP contribution in [-0.4, -0.2) is 43.8 Å². The number of anilines is 1. The Balaban J connectivity index is 2.07. The van der Waals surface area contributed by atoms with Crippen LogP contribution in [-0.2, 0) is 26.2 Å². The van der Waals surface area contributed by atoms with Gasteiger partial charge in [-0.15, -0.1) is 0 Å². The van der Waals surface area contributed by atoms with Gasteiger partial charge in [-0.2, -0.15) is 0 Å². The van der Waals surface area contributed by atoms with Crippen molar-refractivity contribution in [2.75, 3.05) is 10.8 Å². The van der Waals surface area contributed by atoms with Crippen LogP contribution in [0.4, 0.5) is 5.69 Å². The molecule has 0 aliphatic rings. The normalized spacial score (nSPS) is 12.2. The number of amides is 2. The molecule has 0 bridgehead atoms. The number of carbonyl (C=O) groups is 2. The van der Waals surface area contributed by atoms with E-state index in [0.29, 0.717) is 27.2 Å². The standard InChI is InChI=1S/C28H31BrClN3O4S/c1-4-26(28(35)31-20(2)3)32(18-21-11-8-9-16-25(21)30)27(34)19-33(23-13-10-12-22(29)17-23)38(36,37)24-14-6-5-7-15-24/h5-17,20,26H,4,18-19H2,1-3H3,(H,31,35). The molecule has 0 aliphatic carbocycles. The van der Waals surface area contributed by atoms with Crippen LogP contribution in [0, 0.1) is 0 Å². The van der Waals surface area contributed by atoms with Crippen LogP contribution in [0.5, 0.6) is 0 Å². The number of nitrogens with one attached hydrogen (secondary N) is 1. The van der Waals surface area contributed by atoms with E-state index in [0.717, 1.165) is 4.31 Å². The van der Waals surface area contributed by atoms with Crippen LogP contribution < -0.4 is 9.62 Å². The average molecular weight is 621 g/mol. The van der Waals surface area contributed by atoms with Gasteiger partial charge in [0.2, 0.25) is 11.8 Å². The molecule has 1 unspecified atom stereocenters. The van der Waals surface area contributed by atoms with Gasteiger partial charge in [0.1, 0.15) is 12.6 Å². The summed E-state index contributed by atoms with van der Waals surface area (Å²) in [7, 11) is -4.11. The molecule has 0 aromatic heterocycles. The quantitative estimate of drug-likeness (QED) is 0.301. The number of benzene rings is 3. The van der Waals surface area contributed by atoms with Crippen molar-refractivity contribution < 1.29 is 18.0 Å². The topological polar surface area (TPSA) is 86.8 Å². The van der Waals surface area contributed by atoms with Crippen molar-refractivity contribution in [3.8, 4) is 0 Å². The van der Waals surface area contributed by atoms with E-state index in [1.54, 1.807) is 66.7 Å². The fraction of sp³-hybridized carbons (Fsp3) is 0.286. The molecule has 0 saturated carbocycles. The molecule has 3 aromatic rings. The second kappa shape index (κ2) is 13.3. The van der Waals surface area contributed by atoms with Crippen molar-refractivity contribution >= 4 is 55.1 Å². The fourth-order valence-corrected chi connectivity index (χ4v) is 6.00. The minimum atomic E-state index is -4.11. The minimum Gasteiger partial charge on any atom is -0.352 e. The molecule has 0 fully saturated rings. The molecule has 2 amide bonds. The van der Waals surface area contributed by atoms with Crippen molar-refractivity contribution in [1.29, 1.82) is 0 Å². The largest absolute Gasteiger partial charge is 0.352 e. The van der Waals surface area contributed by atoms with Crippen LogP contribution >= 0.6 is 27.5 Å². The highest BCUT2D eigenvalue weighted by molar-refractivity contribution is 9.10. The summed E-state index contributed by atoms with van der Waals surface area (Å²) in [5.41, 5.74) is 0.965. The van der Waals surface area contributed by atoms with Gasteiger partial charge in [0.15, 0.2) is 0 Å². The lowest BCUT2D eigenvalue weighted by Gasteiger charge is -2.33. The Labute approximate surface area is 238 Å². The number of sulfonamides is 1. The highest BCUT2D eigenvalue weighted by Crippen LogP contribution is 2.27. The van der Waals surface area contributed by atoms with Crippen LogP contribution in [0.15, 0.2) is 88.2 Å². The Hall–Kier alpha value is -2.88. The molecule has 1 atom stereocenters. The molecule has 1 N–H and O–H groups in total. The van der Waals surface area contributed by atoms with Gasteiger partial charge in [-0.25, -0.2) is 8.42 Å². The van der Waals surface area contributed by atoms with E-state index in [-0.39, 0.29) is 23.4 Å². The number of nitrogens with zero attached hydrogens (tertiary/aromatic N) is 2. The summed E-state index contributed by atoms with van der Waals surface area (Å²) in [6, 6.07) is 20.8. The maximum absolute atomic E-state index is 14.0. The van der Waals surface area contributed by atoms with Gasteiger partial charge in [0.25, 0.3) is 10.0 Å². The molecule has 3 rings (SSSR count). The third kappa shape index (κ3) is 7.36. The number of hydrogen-bond acceptors (Lipinski definition) is 4. The first-order valence-corrected chi connectivity index (χ1v) is 14.8. The fourth-order valence-electron chi connectivity index (χ4n) is 3.99. The first-order chi connectivity index (χ1) is 18.0. The molecule has 0 saturated heterocycles. The third-order valence-corrected chi connectivity index (χ3v) is 8.47. The Morgan fingerprint density at radius 3 is 2.24 bits per heavy atom. The summed E-state index contributed by atoms with van der Waals surface area (Å²) < 4.78 is 29.3. The zero-order valence-electron chi connectivity index (χ0n) is 21.5. The van der Waals surface area contributed by atoms with E-state index in [2.05, 4.69) is 21.2 Å². The van der Waals surface area contributed by atoms with Crippen molar-refractivity contribution in [1.82, 2.24) is 10.2 Å². The third-order valence-electron chi connectivity index (χ3n) is 5.82. The molecule has 0 spiro atoms. The predicted molar refractivity (Wildman–Crippen MR) is 154 cm³/mol.